The SMILES string of the molecule is O=C(O)c1cc(Nc2ccnc3cc(S(=O)(=O)N(Br)C4CCCCC4)cc(F)c23)cc(Oc2cc(F)cc(F)c2)c1. The van der Waals surface area contributed by atoms with Gasteiger partial charge in [0.05, 0.1) is 27.0 Å². The van der Waals surface area contributed by atoms with Gasteiger partial charge in [-0.1, -0.05) is 19.3 Å². The molecule has 0 bridgehead atoms. The van der Waals surface area contributed by atoms with E-state index in [-0.39, 0.29) is 50.3 Å². The summed E-state index contributed by atoms with van der Waals surface area (Å²) in [5.74, 6) is -4.17. The molecule has 0 radical (unpaired) electrons. The molecule has 0 amide bonds. The largest absolute Gasteiger partial charge is 0.478 e. The lowest BCUT2D eigenvalue weighted by atomic mass is 9.96. The van der Waals surface area contributed by atoms with Crippen LogP contribution in [0.15, 0.2) is 65.7 Å². The molecule has 1 aliphatic carbocycles. The number of carboxylic acids is 1. The molecule has 214 valence electrons. The topological polar surface area (TPSA) is 109 Å². The highest BCUT2D eigenvalue weighted by Crippen LogP contribution is 2.35. The second-order valence-electron chi connectivity index (χ2n) is 9.58. The molecule has 0 saturated heterocycles. The van der Waals surface area contributed by atoms with Crippen LogP contribution in [0.1, 0.15) is 42.5 Å². The number of anilines is 2. The Hall–Kier alpha value is -3.68. The van der Waals surface area contributed by atoms with Crippen LogP contribution in [0.25, 0.3) is 10.9 Å². The molecule has 1 fully saturated rings. The molecule has 3 aromatic carbocycles. The number of sulfonamides is 1. The summed E-state index contributed by atoms with van der Waals surface area (Å²) in [4.78, 5) is 15.6. The first-order chi connectivity index (χ1) is 19.5. The Morgan fingerprint density at radius 3 is 2.34 bits per heavy atom. The minimum atomic E-state index is -4.07. The number of aromatic nitrogens is 1. The highest BCUT2D eigenvalue weighted by atomic mass is 79.9. The average Bonchev–Trinajstić information content (AvgIpc) is 2.92. The molecule has 5 rings (SSSR count). The first-order valence-corrected chi connectivity index (χ1v) is 14.7. The van der Waals surface area contributed by atoms with Gasteiger partial charge in [0.15, 0.2) is 0 Å². The summed E-state index contributed by atoms with van der Waals surface area (Å²) in [6, 6.07) is 9.72. The van der Waals surface area contributed by atoms with Gasteiger partial charge in [-0.2, -0.15) is 0 Å². The van der Waals surface area contributed by atoms with E-state index in [4.69, 9.17) is 4.74 Å². The Kier molecular flexibility index (Phi) is 8.20. The number of carboxylic acid groups (broad SMARTS) is 1. The van der Waals surface area contributed by atoms with Crippen molar-refractivity contribution in [2.24, 2.45) is 0 Å². The summed E-state index contributed by atoms with van der Waals surface area (Å²) >= 11 is 3.19. The van der Waals surface area contributed by atoms with Crippen LogP contribution in [0.5, 0.6) is 11.5 Å². The third-order valence-corrected chi connectivity index (χ3v) is 9.97. The van der Waals surface area contributed by atoms with Crippen LogP contribution in [0.2, 0.25) is 0 Å². The molecule has 2 N–H and O–H groups in total. The maximum Gasteiger partial charge on any atom is 0.335 e. The second kappa shape index (κ2) is 11.7. The summed E-state index contributed by atoms with van der Waals surface area (Å²) in [5.41, 5.74) is 0.169. The Labute approximate surface area is 242 Å². The molecule has 13 heteroatoms. The van der Waals surface area contributed by atoms with Gasteiger partial charge in [0.2, 0.25) is 0 Å². The maximum absolute atomic E-state index is 15.5. The van der Waals surface area contributed by atoms with Crippen molar-refractivity contribution in [3.8, 4) is 11.5 Å². The van der Waals surface area contributed by atoms with Crippen LogP contribution in [0.4, 0.5) is 24.5 Å². The standard InChI is InChI=1S/C28H23BrF3N3O5S/c29-35(20-4-2-1-3-5-20)41(38,39)23-14-24(32)27-25(6-7-33-26(27)15-23)34-19-8-16(28(36)37)9-21(13-19)40-22-11-17(30)10-18(31)12-22/h6-15,20H,1-5H2,(H,33,34)(H,36,37). The molecule has 1 aromatic heterocycles. The highest BCUT2D eigenvalue weighted by Gasteiger charge is 2.32. The van der Waals surface area contributed by atoms with Crippen molar-refractivity contribution in [2.45, 2.75) is 43.0 Å². The smallest absolute Gasteiger partial charge is 0.335 e. The molecule has 1 saturated carbocycles. The van der Waals surface area contributed by atoms with Gasteiger partial charge in [-0.15, -0.1) is 3.33 Å². The number of nitrogens with one attached hydrogen (secondary N) is 1. The summed E-state index contributed by atoms with van der Waals surface area (Å²) in [6.45, 7) is 0. The van der Waals surface area contributed by atoms with Crippen LogP contribution in [-0.4, -0.2) is 33.9 Å². The van der Waals surface area contributed by atoms with E-state index in [0.717, 1.165) is 46.9 Å². The number of fused-ring (bicyclic) bond motifs is 1. The summed E-state index contributed by atoms with van der Waals surface area (Å²) in [6.07, 6.45) is 5.58. The van der Waals surface area contributed by atoms with Gasteiger partial charge in [-0.3, -0.25) is 4.98 Å². The zero-order valence-electron chi connectivity index (χ0n) is 21.3. The third kappa shape index (κ3) is 6.31. The van der Waals surface area contributed by atoms with Gasteiger partial charge >= 0.3 is 5.97 Å². The Morgan fingerprint density at radius 2 is 1.66 bits per heavy atom. The number of hydrogen-bond donors (Lipinski definition) is 2. The highest BCUT2D eigenvalue weighted by molar-refractivity contribution is 9.08. The molecule has 4 aromatic rings. The zero-order valence-corrected chi connectivity index (χ0v) is 23.7. The van der Waals surface area contributed by atoms with Gasteiger partial charge in [-0.25, -0.2) is 26.4 Å². The first kappa shape index (κ1) is 28.8. The monoisotopic (exact) mass is 649 g/mol. The molecule has 1 heterocycles. The molecule has 8 nitrogen and oxygen atoms in total. The van der Waals surface area contributed by atoms with Gasteiger partial charge in [0.25, 0.3) is 10.0 Å². The van der Waals surface area contributed by atoms with Gasteiger partial charge < -0.3 is 15.2 Å². The predicted molar refractivity (Wildman–Crippen MR) is 150 cm³/mol. The second-order valence-corrected chi connectivity index (χ2v) is 12.6. The number of rotatable bonds is 8. The molecule has 0 atom stereocenters. The van der Waals surface area contributed by atoms with Crippen LogP contribution < -0.4 is 10.1 Å². The van der Waals surface area contributed by atoms with Crippen molar-refractivity contribution >= 4 is 54.4 Å². The lowest BCUT2D eigenvalue weighted by molar-refractivity contribution is 0.0696. The molecule has 0 spiro atoms. The molecule has 1 aliphatic rings. The number of benzene rings is 3. The van der Waals surface area contributed by atoms with Crippen LogP contribution >= 0.6 is 16.1 Å². The predicted octanol–water partition coefficient (Wildman–Crippen LogP) is 7.52. The van der Waals surface area contributed by atoms with Gasteiger partial charge in [0, 0.05) is 58.3 Å². The number of aromatic carboxylic acids is 1. The summed E-state index contributed by atoms with van der Waals surface area (Å²) in [7, 11) is -4.07. The van der Waals surface area contributed by atoms with E-state index >= 15 is 4.39 Å². The fraction of sp³-hybridized carbons (Fsp3) is 0.214. The molecular formula is C28H23BrF3N3O5S. The lowest BCUT2D eigenvalue weighted by Crippen LogP contribution is -2.34. The zero-order chi connectivity index (χ0) is 29.3. The quantitative estimate of drug-likeness (QED) is 0.190. The van der Waals surface area contributed by atoms with Crippen molar-refractivity contribution < 1.29 is 36.2 Å². The van der Waals surface area contributed by atoms with Crippen molar-refractivity contribution in [3.05, 3.63) is 83.8 Å². The number of ether oxygens (including phenoxy) is 1. The Morgan fingerprint density at radius 1 is 0.976 bits per heavy atom. The van der Waals surface area contributed by atoms with Crippen LogP contribution in [0, 0.1) is 17.5 Å². The van der Waals surface area contributed by atoms with Crippen molar-refractivity contribution in [3.63, 3.8) is 0 Å². The van der Waals surface area contributed by atoms with Gasteiger partial charge in [-0.05, 0) is 43.2 Å². The fourth-order valence-electron chi connectivity index (χ4n) is 4.78. The van der Waals surface area contributed by atoms with E-state index in [1.165, 1.54) is 30.5 Å². The van der Waals surface area contributed by atoms with Crippen molar-refractivity contribution in [1.82, 2.24) is 8.32 Å². The van der Waals surface area contributed by atoms with Crippen molar-refractivity contribution in [1.29, 1.82) is 0 Å². The number of pyridine rings is 1. The number of hydrogen-bond acceptors (Lipinski definition) is 6. The molecule has 41 heavy (non-hydrogen) atoms. The summed E-state index contributed by atoms with van der Waals surface area (Å²) in [5, 5.41) is 12.5. The van der Waals surface area contributed by atoms with E-state index in [0.29, 0.717) is 18.9 Å². The van der Waals surface area contributed by atoms with Crippen molar-refractivity contribution in [2.75, 3.05) is 5.32 Å². The van der Waals surface area contributed by atoms with E-state index < -0.39 is 33.4 Å². The van der Waals surface area contributed by atoms with Crippen LogP contribution in [-0.2, 0) is 10.0 Å². The van der Waals surface area contributed by atoms with E-state index in [1.807, 2.05) is 0 Å². The lowest BCUT2D eigenvalue weighted by Gasteiger charge is -2.28. The third-order valence-electron chi connectivity index (χ3n) is 6.66. The number of nitrogens with zero attached hydrogens (tertiary/aromatic N) is 2. The normalized spacial score (nSPS) is 14.4. The van der Waals surface area contributed by atoms with E-state index in [2.05, 4.69) is 26.4 Å². The maximum atomic E-state index is 15.5. The Balaban J connectivity index is 1.49. The molecule has 0 aliphatic heterocycles. The average molecular weight is 650 g/mol. The van der Waals surface area contributed by atoms with E-state index in [1.54, 1.807) is 0 Å². The number of carbonyl (C=O) groups is 1. The molecular weight excluding hydrogens is 627 g/mol. The minimum Gasteiger partial charge on any atom is -0.478 e. The number of halogens is 4. The van der Waals surface area contributed by atoms with Crippen LogP contribution in [0.3, 0.4) is 0 Å². The molecule has 0 unspecified atom stereocenters. The first-order valence-electron chi connectivity index (χ1n) is 12.6. The van der Waals surface area contributed by atoms with Gasteiger partial charge in [0.1, 0.15) is 29.0 Å². The minimum absolute atomic E-state index is 0.0272. The fourth-order valence-corrected chi connectivity index (χ4v) is 7.01. The summed E-state index contributed by atoms with van der Waals surface area (Å²) < 4.78 is 76.0. The van der Waals surface area contributed by atoms with E-state index in [9.17, 15) is 27.1 Å². The Bertz CT molecular complexity index is 1730.